The first-order valence-corrected chi connectivity index (χ1v) is 8.66. The Morgan fingerprint density at radius 3 is 2.40 bits per heavy atom. The van der Waals surface area contributed by atoms with Crippen molar-refractivity contribution in [1.82, 2.24) is 0 Å². The summed E-state index contributed by atoms with van der Waals surface area (Å²) in [6, 6.07) is 0. The third kappa shape index (κ3) is 7.22. The van der Waals surface area contributed by atoms with Crippen LogP contribution < -0.4 is 0 Å². The summed E-state index contributed by atoms with van der Waals surface area (Å²) in [7, 11) is 0. The van der Waals surface area contributed by atoms with Gasteiger partial charge in [0.25, 0.3) is 0 Å². The molecule has 0 aromatic carbocycles. The lowest BCUT2D eigenvalue weighted by Gasteiger charge is -2.32. The van der Waals surface area contributed by atoms with E-state index in [9.17, 15) is 10.2 Å². The molecular formula is C22H30O3. The molecule has 0 amide bonds. The van der Waals surface area contributed by atoms with E-state index in [0.717, 1.165) is 24.0 Å². The topological polar surface area (TPSA) is 49.7 Å². The molecule has 2 unspecified atom stereocenters. The van der Waals surface area contributed by atoms with Gasteiger partial charge in [0, 0.05) is 6.42 Å². The van der Waals surface area contributed by atoms with E-state index in [4.69, 9.17) is 4.74 Å². The monoisotopic (exact) mass is 342 g/mol. The Bertz CT molecular complexity index is 578. The van der Waals surface area contributed by atoms with Crippen LogP contribution in [0.4, 0.5) is 0 Å². The molecule has 3 nitrogen and oxygen atoms in total. The number of hydrogen-bond acceptors (Lipinski definition) is 3. The molecule has 1 saturated heterocycles. The van der Waals surface area contributed by atoms with Gasteiger partial charge in [0.15, 0.2) is 0 Å². The molecule has 0 radical (unpaired) electrons. The molecule has 1 fully saturated rings. The zero-order valence-electron chi connectivity index (χ0n) is 15.1. The van der Waals surface area contributed by atoms with Crippen LogP contribution in [0.3, 0.4) is 0 Å². The van der Waals surface area contributed by atoms with Gasteiger partial charge in [-0.2, -0.15) is 0 Å². The van der Waals surface area contributed by atoms with E-state index in [1.165, 1.54) is 5.57 Å². The summed E-state index contributed by atoms with van der Waals surface area (Å²) in [6.45, 7) is 13.6. The third-order valence-corrected chi connectivity index (χ3v) is 4.00. The van der Waals surface area contributed by atoms with Crippen LogP contribution in [0, 0.1) is 0 Å². The lowest BCUT2D eigenvalue weighted by molar-refractivity contribution is -0.106. The van der Waals surface area contributed by atoms with Crippen molar-refractivity contribution in [3.05, 3.63) is 85.1 Å². The fourth-order valence-electron chi connectivity index (χ4n) is 2.77. The molecule has 0 aromatic rings. The number of ether oxygens (including phenoxy) is 1. The summed E-state index contributed by atoms with van der Waals surface area (Å²) in [5.41, 5.74) is 3.20. The van der Waals surface area contributed by atoms with Crippen molar-refractivity contribution in [1.29, 1.82) is 0 Å². The van der Waals surface area contributed by atoms with Crippen LogP contribution in [0.25, 0.3) is 0 Å². The van der Waals surface area contributed by atoms with Gasteiger partial charge in [-0.15, -0.1) is 0 Å². The van der Waals surface area contributed by atoms with Crippen molar-refractivity contribution in [2.24, 2.45) is 0 Å². The fraction of sp³-hybridized carbons (Fsp3) is 0.364. The van der Waals surface area contributed by atoms with E-state index in [0.29, 0.717) is 6.42 Å². The largest absolute Gasteiger partial charge is 0.391 e. The Morgan fingerprint density at radius 1 is 1.12 bits per heavy atom. The molecule has 0 spiro atoms. The van der Waals surface area contributed by atoms with Gasteiger partial charge in [0.05, 0.1) is 18.8 Å². The van der Waals surface area contributed by atoms with Crippen LogP contribution in [0.1, 0.15) is 26.2 Å². The smallest absolute Gasteiger partial charge is 0.109 e. The number of hydrogen-bond donors (Lipinski definition) is 2. The summed E-state index contributed by atoms with van der Waals surface area (Å²) >= 11 is 0. The molecule has 0 aliphatic carbocycles. The highest BCUT2D eigenvalue weighted by atomic mass is 16.5. The van der Waals surface area contributed by atoms with Gasteiger partial charge in [-0.3, -0.25) is 0 Å². The van der Waals surface area contributed by atoms with E-state index in [2.05, 4.69) is 32.7 Å². The normalized spacial score (nSPS) is 25.9. The Balaban J connectivity index is 3.04. The summed E-state index contributed by atoms with van der Waals surface area (Å²) in [5, 5.41) is 19.9. The molecule has 1 heterocycles. The van der Waals surface area contributed by atoms with Gasteiger partial charge < -0.3 is 14.9 Å². The molecule has 3 heteroatoms. The number of allylic oxidation sites excluding steroid dienone is 9. The summed E-state index contributed by atoms with van der Waals surface area (Å²) in [5.74, 6) is 0. The average molecular weight is 342 g/mol. The van der Waals surface area contributed by atoms with Crippen LogP contribution in [0.2, 0.25) is 0 Å². The van der Waals surface area contributed by atoms with Gasteiger partial charge in [-0.25, -0.2) is 0 Å². The van der Waals surface area contributed by atoms with Crippen LogP contribution >= 0.6 is 0 Å². The van der Waals surface area contributed by atoms with Crippen molar-refractivity contribution in [2.45, 2.75) is 44.5 Å². The van der Waals surface area contributed by atoms with Crippen molar-refractivity contribution in [2.75, 3.05) is 6.61 Å². The van der Waals surface area contributed by atoms with Crippen LogP contribution in [-0.2, 0) is 4.74 Å². The first-order valence-electron chi connectivity index (χ1n) is 8.66. The first kappa shape index (κ1) is 21.1. The van der Waals surface area contributed by atoms with Gasteiger partial charge in [0.1, 0.15) is 6.10 Å². The Kier molecular flexibility index (Phi) is 9.78. The second-order valence-corrected chi connectivity index (χ2v) is 6.02. The van der Waals surface area contributed by atoms with Gasteiger partial charge in [-0.1, -0.05) is 80.8 Å². The summed E-state index contributed by atoms with van der Waals surface area (Å²) in [4.78, 5) is 0. The number of aliphatic hydroxyl groups is 2. The molecule has 1 rings (SSSR count). The van der Waals surface area contributed by atoms with Crippen LogP contribution in [-0.4, -0.2) is 35.1 Å². The first-order chi connectivity index (χ1) is 12.0. The van der Waals surface area contributed by atoms with Crippen LogP contribution in [0.15, 0.2) is 85.1 Å². The maximum absolute atomic E-state index is 10.3. The minimum Gasteiger partial charge on any atom is -0.391 e. The van der Waals surface area contributed by atoms with Crippen LogP contribution in [0.5, 0.6) is 0 Å². The molecule has 2 N–H and O–H groups in total. The molecular weight excluding hydrogens is 312 g/mol. The lowest BCUT2D eigenvalue weighted by Crippen LogP contribution is -2.41. The highest BCUT2D eigenvalue weighted by molar-refractivity contribution is 5.36. The van der Waals surface area contributed by atoms with E-state index in [1.54, 1.807) is 18.2 Å². The molecule has 0 bridgehead atoms. The second-order valence-electron chi connectivity index (χ2n) is 6.02. The molecule has 1 aliphatic heterocycles. The quantitative estimate of drug-likeness (QED) is 0.618. The SMILES string of the molecule is C=C/C=C\C(=C/C=C)C/C(=C/C(=C\C=C)[C@@H]1OCC(O)CC1O)CC. The molecule has 136 valence electrons. The minimum absolute atomic E-state index is 0.231. The fourth-order valence-corrected chi connectivity index (χ4v) is 2.77. The number of aliphatic hydroxyl groups excluding tert-OH is 2. The third-order valence-electron chi connectivity index (χ3n) is 4.00. The van der Waals surface area contributed by atoms with E-state index in [-0.39, 0.29) is 6.61 Å². The molecule has 1 aliphatic rings. The van der Waals surface area contributed by atoms with Gasteiger partial charge >= 0.3 is 0 Å². The van der Waals surface area contributed by atoms with Crippen molar-refractivity contribution >= 4 is 0 Å². The highest BCUT2D eigenvalue weighted by Crippen LogP contribution is 2.25. The predicted octanol–water partition coefficient (Wildman–Crippen LogP) is 4.19. The zero-order chi connectivity index (χ0) is 18.7. The van der Waals surface area contributed by atoms with Gasteiger partial charge in [-0.05, 0) is 24.0 Å². The molecule has 0 saturated carbocycles. The Hall–Kier alpha value is -1.94. The molecule has 0 aromatic heterocycles. The Labute approximate surface area is 151 Å². The highest BCUT2D eigenvalue weighted by Gasteiger charge is 2.30. The zero-order valence-corrected chi connectivity index (χ0v) is 15.1. The maximum atomic E-state index is 10.3. The molecule has 3 atom stereocenters. The summed E-state index contributed by atoms with van der Waals surface area (Å²) < 4.78 is 5.66. The minimum atomic E-state index is -0.729. The van der Waals surface area contributed by atoms with E-state index >= 15 is 0 Å². The van der Waals surface area contributed by atoms with Crippen molar-refractivity contribution < 1.29 is 14.9 Å². The maximum Gasteiger partial charge on any atom is 0.109 e. The predicted molar refractivity (Wildman–Crippen MR) is 105 cm³/mol. The van der Waals surface area contributed by atoms with E-state index < -0.39 is 18.3 Å². The average Bonchev–Trinajstić information content (AvgIpc) is 2.58. The number of rotatable bonds is 9. The van der Waals surface area contributed by atoms with Gasteiger partial charge in [0.2, 0.25) is 0 Å². The lowest BCUT2D eigenvalue weighted by atomic mass is 9.93. The second kappa shape index (κ2) is 11.6. The molecule has 25 heavy (non-hydrogen) atoms. The van der Waals surface area contributed by atoms with E-state index in [1.807, 2.05) is 24.3 Å². The van der Waals surface area contributed by atoms with Crippen molar-refractivity contribution in [3.8, 4) is 0 Å². The Morgan fingerprint density at radius 2 is 1.84 bits per heavy atom. The standard InChI is InChI=1S/C22H30O3/c1-5-9-12-18(10-6-2)13-17(8-4)14-19(11-7-3)22-21(24)15-20(23)16-25-22/h5-7,9-12,14,20-24H,1-3,8,13,15-16H2,4H3/b12-9-,17-14+,18-10+,19-11+/t20?,21?,22-/m0/s1. The summed E-state index contributed by atoms with van der Waals surface area (Å²) in [6.07, 6.45) is 15.2. The van der Waals surface area contributed by atoms with Crippen molar-refractivity contribution in [3.63, 3.8) is 0 Å².